The second-order valence-corrected chi connectivity index (χ2v) is 20.8. The summed E-state index contributed by atoms with van der Waals surface area (Å²) >= 11 is 0. The van der Waals surface area contributed by atoms with Crippen molar-refractivity contribution in [2.75, 3.05) is 0 Å². The molecule has 78 heavy (non-hydrogen) atoms. The van der Waals surface area contributed by atoms with E-state index in [4.69, 9.17) is 9.97 Å². The summed E-state index contributed by atoms with van der Waals surface area (Å²) in [4.78, 5) is 10.1. The molecule has 0 fully saturated rings. The van der Waals surface area contributed by atoms with Gasteiger partial charge in [-0.25, -0.2) is 9.97 Å². The van der Waals surface area contributed by atoms with Crippen molar-refractivity contribution in [3.63, 3.8) is 0 Å². The maximum absolute atomic E-state index is 5.07. The van der Waals surface area contributed by atoms with E-state index in [-0.39, 0.29) is 0 Å². The molecule has 0 radical (unpaired) electrons. The van der Waals surface area contributed by atoms with E-state index in [0.717, 1.165) is 61.7 Å². The van der Waals surface area contributed by atoms with E-state index in [1.807, 2.05) is 24.3 Å². The fourth-order valence-electron chi connectivity index (χ4n) is 12.1. The van der Waals surface area contributed by atoms with Crippen LogP contribution in [-0.2, 0) is 0 Å². The summed E-state index contributed by atoms with van der Waals surface area (Å²) in [5.41, 5.74) is 23.9. The third kappa shape index (κ3) is 7.46. The SMILES string of the molecule is Cc1ccc2c(c1)c1ccccc1n2-c1ccc2c(c1)c1cc(-n3c4ccccc4c4cc(C)ccc43)ccc1n2-c1ccc(-c2ccc(-c3ccc(-c4cc(-c5ccccc5)nc(-c5ccccc5)n4)cc3)c(C)c2)cc1. The van der Waals surface area contributed by atoms with Gasteiger partial charge in [-0.05, 0) is 140 Å². The van der Waals surface area contributed by atoms with Crippen LogP contribution >= 0.6 is 0 Å². The van der Waals surface area contributed by atoms with E-state index in [1.165, 1.54) is 87.8 Å². The number of aromatic nitrogens is 5. The van der Waals surface area contributed by atoms with E-state index in [2.05, 4.69) is 265 Å². The van der Waals surface area contributed by atoms with Gasteiger partial charge in [-0.1, -0.05) is 175 Å². The first-order valence-electron chi connectivity index (χ1n) is 26.8. The summed E-state index contributed by atoms with van der Waals surface area (Å²) in [5, 5.41) is 7.47. The average Bonchev–Trinajstić information content (AvgIpc) is 4.30. The maximum atomic E-state index is 5.07. The van der Waals surface area contributed by atoms with Crippen LogP contribution in [0.1, 0.15) is 16.7 Å². The van der Waals surface area contributed by atoms with Gasteiger partial charge in [-0.3, -0.25) is 0 Å². The molecule has 0 atom stereocenters. The molecule has 0 aliphatic carbocycles. The molecule has 0 N–H and O–H groups in total. The predicted molar refractivity (Wildman–Crippen MR) is 326 cm³/mol. The van der Waals surface area contributed by atoms with Crippen molar-refractivity contribution in [3.05, 3.63) is 271 Å². The maximum Gasteiger partial charge on any atom is 0.160 e. The molecular formula is C73H51N5. The lowest BCUT2D eigenvalue weighted by Crippen LogP contribution is -1.96. The van der Waals surface area contributed by atoms with Crippen molar-refractivity contribution < 1.29 is 0 Å². The highest BCUT2D eigenvalue weighted by molar-refractivity contribution is 6.14. The van der Waals surface area contributed by atoms with Crippen molar-refractivity contribution >= 4 is 65.4 Å². The van der Waals surface area contributed by atoms with Crippen molar-refractivity contribution in [1.82, 2.24) is 23.7 Å². The lowest BCUT2D eigenvalue weighted by Gasteiger charge is -2.13. The molecule has 0 aliphatic heterocycles. The quantitative estimate of drug-likeness (QED) is 0.152. The van der Waals surface area contributed by atoms with Gasteiger partial charge in [0.15, 0.2) is 5.82 Å². The van der Waals surface area contributed by atoms with Crippen LogP contribution < -0.4 is 0 Å². The number of nitrogens with zero attached hydrogens (tertiary/aromatic N) is 5. The van der Waals surface area contributed by atoms with Crippen LogP contribution in [0.4, 0.5) is 0 Å². The Balaban J connectivity index is 0.805. The minimum Gasteiger partial charge on any atom is -0.309 e. The Morgan fingerprint density at radius 1 is 0.256 bits per heavy atom. The molecule has 0 amide bonds. The summed E-state index contributed by atoms with van der Waals surface area (Å²) in [6.45, 7) is 6.57. The van der Waals surface area contributed by atoms with Crippen LogP contribution in [-0.4, -0.2) is 23.7 Å². The molecule has 5 heteroatoms. The van der Waals surface area contributed by atoms with Crippen LogP contribution in [0.15, 0.2) is 255 Å². The molecule has 368 valence electrons. The second kappa shape index (κ2) is 18.0. The highest BCUT2D eigenvalue weighted by Gasteiger charge is 2.20. The van der Waals surface area contributed by atoms with Crippen LogP contribution in [0.25, 0.3) is 139 Å². The minimum absolute atomic E-state index is 0.714. The van der Waals surface area contributed by atoms with Crippen molar-refractivity contribution in [2.45, 2.75) is 20.8 Å². The molecule has 0 saturated carbocycles. The van der Waals surface area contributed by atoms with E-state index in [1.54, 1.807) is 0 Å². The van der Waals surface area contributed by atoms with Gasteiger partial charge in [-0.15, -0.1) is 0 Å². The van der Waals surface area contributed by atoms with Gasteiger partial charge in [0.2, 0.25) is 0 Å². The summed E-state index contributed by atoms with van der Waals surface area (Å²) in [5.74, 6) is 0.714. The first kappa shape index (κ1) is 45.3. The van der Waals surface area contributed by atoms with E-state index in [0.29, 0.717) is 5.82 Å². The standard InChI is InChI=1S/C73H51N5/c1-46-22-36-69-61(40-46)59-18-10-12-20-67(59)77(69)56-33-38-71-63(43-56)64-44-57(78-68-21-13-11-19-60(68)62-41-47(2)23-37-70(62)78)34-39-72(64)76(71)55-31-28-49(29-32-55)54-30-35-58(48(3)42-54)50-24-26-52(27-25-50)66-45-65(51-14-6-4-7-15-51)74-73(75-66)53-16-8-5-9-17-53/h4-45H,1-3H3. The monoisotopic (exact) mass is 997 g/mol. The number of fused-ring (bicyclic) bond motifs is 9. The molecule has 4 heterocycles. The Kier molecular flexibility index (Phi) is 10.5. The second-order valence-electron chi connectivity index (χ2n) is 20.8. The first-order chi connectivity index (χ1) is 38.4. The van der Waals surface area contributed by atoms with Crippen molar-refractivity contribution in [1.29, 1.82) is 0 Å². The molecule has 0 aliphatic rings. The Morgan fingerprint density at radius 2 is 0.654 bits per heavy atom. The third-order valence-corrected chi connectivity index (χ3v) is 15.9. The van der Waals surface area contributed by atoms with Crippen LogP contribution in [0.3, 0.4) is 0 Å². The van der Waals surface area contributed by atoms with Gasteiger partial charge >= 0.3 is 0 Å². The fourth-order valence-corrected chi connectivity index (χ4v) is 12.1. The lowest BCUT2D eigenvalue weighted by atomic mass is 9.94. The smallest absolute Gasteiger partial charge is 0.160 e. The van der Waals surface area contributed by atoms with Crippen molar-refractivity contribution in [3.8, 4) is 73.2 Å². The molecular weight excluding hydrogens is 947 g/mol. The number of aryl methyl sites for hydroxylation is 3. The number of benzene rings is 11. The molecule has 15 aromatic rings. The van der Waals surface area contributed by atoms with Gasteiger partial charge in [0.25, 0.3) is 0 Å². The zero-order valence-corrected chi connectivity index (χ0v) is 43.5. The number of hydrogen-bond donors (Lipinski definition) is 0. The highest BCUT2D eigenvalue weighted by Crippen LogP contribution is 2.41. The van der Waals surface area contributed by atoms with Crippen LogP contribution in [0.5, 0.6) is 0 Å². The zero-order valence-electron chi connectivity index (χ0n) is 43.5. The topological polar surface area (TPSA) is 40.6 Å². The predicted octanol–water partition coefficient (Wildman–Crippen LogP) is 19.0. The van der Waals surface area contributed by atoms with E-state index < -0.39 is 0 Å². The molecule has 0 saturated heterocycles. The number of para-hydroxylation sites is 2. The minimum atomic E-state index is 0.714. The van der Waals surface area contributed by atoms with Crippen LogP contribution in [0.2, 0.25) is 0 Å². The molecule has 0 spiro atoms. The Morgan fingerprint density at radius 3 is 1.19 bits per heavy atom. The summed E-state index contributed by atoms with van der Waals surface area (Å²) in [6.07, 6.45) is 0. The molecule has 11 aromatic carbocycles. The summed E-state index contributed by atoms with van der Waals surface area (Å²) in [6, 6.07) is 92.7. The van der Waals surface area contributed by atoms with Crippen molar-refractivity contribution in [2.24, 2.45) is 0 Å². The molecule has 15 rings (SSSR count). The van der Waals surface area contributed by atoms with E-state index >= 15 is 0 Å². The van der Waals surface area contributed by atoms with Gasteiger partial charge < -0.3 is 13.7 Å². The molecule has 0 unspecified atom stereocenters. The van der Waals surface area contributed by atoms with Gasteiger partial charge in [0.1, 0.15) is 0 Å². The molecule has 5 nitrogen and oxygen atoms in total. The Labute approximate surface area is 452 Å². The Hall–Kier alpha value is -10.1. The highest BCUT2D eigenvalue weighted by atomic mass is 15.0. The number of hydrogen-bond acceptors (Lipinski definition) is 2. The number of rotatable bonds is 8. The van der Waals surface area contributed by atoms with Gasteiger partial charge in [-0.2, -0.15) is 0 Å². The summed E-state index contributed by atoms with van der Waals surface area (Å²) < 4.78 is 7.31. The van der Waals surface area contributed by atoms with E-state index in [9.17, 15) is 0 Å². The average molecular weight is 998 g/mol. The van der Waals surface area contributed by atoms with Crippen LogP contribution in [0, 0.1) is 20.8 Å². The zero-order chi connectivity index (χ0) is 52.0. The fraction of sp³-hybridized carbons (Fsp3) is 0.0411. The van der Waals surface area contributed by atoms with Gasteiger partial charge in [0, 0.05) is 66.1 Å². The third-order valence-electron chi connectivity index (χ3n) is 15.9. The lowest BCUT2D eigenvalue weighted by molar-refractivity contribution is 1.16. The largest absolute Gasteiger partial charge is 0.309 e. The Bertz CT molecular complexity index is 4610. The first-order valence-corrected chi connectivity index (χ1v) is 26.8. The normalized spacial score (nSPS) is 11.8. The molecule has 4 aromatic heterocycles. The van der Waals surface area contributed by atoms with Gasteiger partial charge in [0.05, 0.1) is 44.5 Å². The molecule has 0 bridgehead atoms. The summed E-state index contributed by atoms with van der Waals surface area (Å²) in [7, 11) is 0.